The van der Waals surface area contributed by atoms with Crippen LogP contribution in [0.4, 0.5) is 0 Å². The van der Waals surface area contributed by atoms with Gasteiger partial charge in [0, 0.05) is 0 Å². The lowest BCUT2D eigenvalue weighted by Gasteiger charge is -2.10. The zero-order valence-corrected chi connectivity index (χ0v) is 10.7. The summed E-state index contributed by atoms with van der Waals surface area (Å²) in [5.41, 5.74) is 0.957. The van der Waals surface area contributed by atoms with Crippen molar-refractivity contribution >= 4 is 12.9 Å². The summed E-state index contributed by atoms with van der Waals surface area (Å²) in [4.78, 5) is 18.2. The molecule has 0 fully saturated rings. The number of para-hydroxylation sites is 1. The molecule has 0 aromatic heterocycles. The fourth-order valence-electron chi connectivity index (χ4n) is 1.53. The van der Waals surface area contributed by atoms with E-state index in [0.717, 1.165) is 5.56 Å². The Hall–Kier alpha value is -1.61. The molecule has 0 spiro atoms. The van der Waals surface area contributed by atoms with Crippen LogP contribution < -0.4 is 10.0 Å². The van der Waals surface area contributed by atoms with Gasteiger partial charge in [0.05, 0.1) is 5.30 Å². The molecule has 4 nitrogen and oxygen atoms in total. The monoisotopic (exact) mass is 264 g/mol. The van der Waals surface area contributed by atoms with Gasteiger partial charge in [0.25, 0.3) is 0 Å². The van der Waals surface area contributed by atoms with Crippen LogP contribution in [-0.4, -0.2) is 9.79 Å². The van der Waals surface area contributed by atoms with Gasteiger partial charge in [-0.2, -0.15) is 0 Å². The quantitative estimate of drug-likeness (QED) is 0.836. The Morgan fingerprint density at radius 3 is 2.44 bits per heavy atom. The number of aryl methyl sites for hydroxylation is 1. The summed E-state index contributed by atoms with van der Waals surface area (Å²) in [6.45, 7) is 1.90. The minimum atomic E-state index is -4.24. The SMILES string of the molecule is Cc1ccccc1Oc1cccc(P(=O)(O)O)c1. The van der Waals surface area contributed by atoms with Gasteiger partial charge in [-0.05, 0) is 36.8 Å². The van der Waals surface area contributed by atoms with Crippen LogP contribution in [0.3, 0.4) is 0 Å². The predicted octanol–water partition coefficient (Wildman–Crippen LogP) is 2.59. The molecule has 0 unspecified atom stereocenters. The summed E-state index contributed by atoms with van der Waals surface area (Å²) in [6, 6.07) is 13.4. The number of hydrogen-bond acceptors (Lipinski definition) is 2. The van der Waals surface area contributed by atoms with Crippen molar-refractivity contribution in [1.29, 1.82) is 0 Å². The highest BCUT2D eigenvalue weighted by molar-refractivity contribution is 7.60. The lowest BCUT2D eigenvalue weighted by atomic mass is 10.2. The van der Waals surface area contributed by atoms with E-state index in [0.29, 0.717) is 11.5 Å². The zero-order valence-electron chi connectivity index (χ0n) is 9.78. The number of benzene rings is 2. The summed E-state index contributed by atoms with van der Waals surface area (Å²) in [5.74, 6) is 1.07. The first-order valence-electron chi connectivity index (χ1n) is 5.36. The number of ether oxygens (including phenoxy) is 1. The van der Waals surface area contributed by atoms with E-state index in [4.69, 9.17) is 14.5 Å². The fourth-order valence-corrected chi connectivity index (χ4v) is 2.10. The van der Waals surface area contributed by atoms with Crippen LogP contribution in [0, 0.1) is 6.92 Å². The summed E-state index contributed by atoms with van der Waals surface area (Å²) < 4.78 is 16.7. The third kappa shape index (κ3) is 2.99. The Morgan fingerprint density at radius 2 is 1.78 bits per heavy atom. The molecule has 0 saturated carbocycles. The molecule has 0 aliphatic carbocycles. The molecule has 5 heteroatoms. The van der Waals surface area contributed by atoms with Crippen molar-refractivity contribution in [1.82, 2.24) is 0 Å². The summed E-state index contributed by atoms with van der Waals surface area (Å²) in [6.07, 6.45) is 0. The molecule has 94 valence electrons. The van der Waals surface area contributed by atoms with Gasteiger partial charge in [0.15, 0.2) is 0 Å². The molecule has 0 heterocycles. The minimum absolute atomic E-state index is 0.0476. The third-order valence-electron chi connectivity index (χ3n) is 2.48. The lowest BCUT2D eigenvalue weighted by Crippen LogP contribution is -2.03. The van der Waals surface area contributed by atoms with Crippen LogP contribution in [0.25, 0.3) is 0 Å². The molecular formula is C13H13O4P. The van der Waals surface area contributed by atoms with E-state index in [2.05, 4.69) is 0 Å². The second kappa shape index (κ2) is 4.94. The van der Waals surface area contributed by atoms with Crippen molar-refractivity contribution in [3.8, 4) is 11.5 Å². The molecule has 2 aromatic carbocycles. The molecular weight excluding hydrogens is 251 g/mol. The zero-order chi connectivity index (χ0) is 13.2. The molecule has 0 bridgehead atoms. The smallest absolute Gasteiger partial charge is 0.356 e. The van der Waals surface area contributed by atoms with Crippen molar-refractivity contribution in [2.45, 2.75) is 6.92 Å². The van der Waals surface area contributed by atoms with Gasteiger partial charge in [-0.25, -0.2) is 0 Å². The predicted molar refractivity (Wildman–Crippen MR) is 69.4 cm³/mol. The summed E-state index contributed by atoms with van der Waals surface area (Å²) in [5, 5.41) is -0.0476. The molecule has 0 aliphatic heterocycles. The molecule has 2 N–H and O–H groups in total. The van der Waals surface area contributed by atoms with Crippen LogP contribution >= 0.6 is 7.60 Å². The first kappa shape index (κ1) is 12.8. The number of hydrogen-bond donors (Lipinski definition) is 2. The van der Waals surface area contributed by atoms with Gasteiger partial charge in [-0.1, -0.05) is 24.3 Å². The van der Waals surface area contributed by atoms with E-state index < -0.39 is 7.60 Å². The Labute approximate surface area is 105 Å². The van der Waals surface area contributed by atoms with Gasteiger partial charge in [0.2, 0.25) is 0 Å². The first-order valence-corrected chi connectivity index (χ1v) is 6.98. The van der Waals surface area contributed by atoms with Crippen molar-refractivity contribution in [2.75, 3.05) is 0 Å². The normalized spacial score (nSPS) is 11.3. The van der Waals surface area contributed by atoms with Gasteiger partial charge in [-0.3, -0.25) is 4.57 Å². The Kier molecular flexibility index (Phi) is 3.53. The molecule has 2 aromatic rings. The minimum Gasteiger partial charge on any atom is -0.457 e. The standard InChI is InChI=1S/C13H13O4P/c1-10-5-2-3-8-13(10)17-11-6-4-7-12(9-11)18(14,15)16/h2-9H,1H3,(H2,14,15,16). The Bertz CT molecular complexity index is 603. The van der Waals surface area contributed by atoms with E-state index >= 15 is 0 Å². The van der Waals surface area contributed by atoms with Crippen LogP contribution in [-0.2, 0) is 4.57 Å². The molecule has 0 aliphatic rings. The average molecular weight is 264 g/mol. The van der Waals surface area contributed by atoms with E-state index in [9.17, 15) is 4.57 Å². The van der Waals surface area contributed by atoms with Crippen LogP contribution in [0.2, 0.25) is 0 Å². The third-order valence-corrected chi connectivity index (χ3v) is 3.43. The maximum Gasteiger partial charge on any atom is 0.356 e. The van der Waals surface area contributed by atoms with E-state index in [-0.39, 0.29) is 5.30 Å². The summed E-state index contributed by atoms with van der Waals surface area (Å²) in [7, 11) is -4.24. The average Bonchev–Trinajstić information content (AvgIpc) is 2.31. The van der Waals surface area contributed by atoms with Gasteiger partial charge >= 0.3 is 7.60 Å². The molecule has 0 amide bonds. The van der Waals surface area contributed by atoms with Gasteiger partial charge < -0.3 is 14.5 Å². The second-order valence-electron chi connectivity index (χ2n) is 3.91. The highest BCUT2D eigenvalue weighted by Gasteiger charge is 2.17. The Balaban J connectivity index is 2.31. The highest BCUT2D eigenvalue weighted by atomic mass is 31.2. The van der Waals surface area contributed by atoms with E-state index in [1.165, 1.54) is 12.1 Å². The molecule has 0 saturated heterocycles. The molecule has 0 atom stereocenters. The fraction of sp³-hybridized carbons (Fsp3) is 0.0769. The second-order valence-corrected chi connectivity index (χ2v) is 5.51. The van der Waals surface area contributed by atoms with E-state index in [1.54, 1.807) is 18.2 Å². The number of rotatable bonds is 3. The van der Waals surface area contributed by atoms with Crippen LogP contribution in [0.1, 0.15) is 5.56 Å². The van der Waals surface area contributed by atoms with Crippen LogP contribution in [0.15, 0.2) is 48.5 Å². The largest absolute Gasteiger partial charge is 0.457 e. The van der Waals surface area contributed by atoms with Crippen molar-refractivity contribution in [3.63, 3.8) is 0 Å². The molecule has 18 heavy (non-hydrogen) atoms. The van der Waals surface area contributed by atoms with Crippen molar-refractivity contribution < 1.29 is 19.1 Å². The van der Waals surface area contributed by atoms with Crippen molar-refractivity contribution in [3.05, 3.63) is 54.1 Å². The maximum atomic E-state index is 11.1. The van der Waals surface area contributed by atoms with Crippen molar-refractivity contribution in [2.24, 2.45) is 0 Å². The molecule has 0 radical (unpaired) electrons. The van der Waals surface area contributed by atoms with Crippen LogP contribution in [0.5, 0.6) is 11.5 Å². The Morgan fingerprint density at radius 1 is 1.06 bits per heavy atom. The molecule has 2 rings (SSSR count). The van der Waals surface area contributed by atoms with E-state index in [1.807, 2.05) is 25.1 Å². The summed E-state index contributed by atoms with van der Waals surface area (Å²) >= 11 is 0. The highest BCUT2D eigenvalue weighted by Crippen LogP contribution is 2.35. The maximum absolute atomic E-state index is 11.1. The topological polar surface area (TPSA) is 66.8 Å². The first-order chi connectivity index (χ1) is 8.47. The van der Waals surface area contributed by atoms with Gasteiger partial charge in [0.1, 0.15) is 11.5 Å². The van der Waals surface area contributed by atoms with Gasteiger partial charge in [-0.15, -0.1) is 0 Å². The lowest BCUT2D eigenvalue weighted by molar-refractivity contribution is 0.387.